The van der Waals surface area contributed by atoms with Gasteiger partial charge in [0.05, 0.1) is 10.6 Å². The maximum Gasteiger partial charge on any atom is 0.325 e. The zero-order chi connectivity index (χ0) is 13.9. The molecule has 0 bridgehead atoms. The summed E-state index contributed by atoms with van der Waals surface area (Å²) in [7, 11) is 0. The van der Waals surface area contributed by atoms with Gasteiger partial charge in [0.2, 0.25) is 0 Å². The predicted molar refractivity (Wildman–Crippen MR) is 78.5 cm³/mol. The lowest BCUT2D eigenvalue weighted by atomic mass is 10.1. The predicted octanol–water partition coefficient (Wildman–Crippen LogP) is 3.89. The van der Waals surface area contributed by atoms with E-state index in [1.54, 1.807) is 0 Å². The molecule has 2 N–H and O–H groups in total. The van der Waals surface area contributed by atoms with Crippen LogP contribution in [-0.4, -0.2) is 11.0 Å². The minimum absolute atomic E-state index is 0.338. The average molecular weight is 289 g/mol. The molecule has 2 amide bonds. The summed E-state index contributed by atoms with van der Waals surface area (Å²) in [5.41, 5.74) is 1.56. The van der Waals surface area contributed by atoms with E-state index >= 15 is 0 Å². The van der Waals surface area contributed by atoms with Gasteiger partial charge in [-0.25, -0.2) is 14.2 Å². The van der Waals surface area contributed by atoms with Crippen molar-refractivity contribution in [3.63, 3.8) is 0 Å². The van der Waals surface area contributed by atoms with Crippen LogP contribution in [0.4, 0.5) is 20.0 Å². The fourth-order valence-electron chi connectivity index (χ4n) is 1.93. The van der Waals surface area contributed by atoms with Gasteiger partial charge in [0.15, 0.2) is 5.13 Å². The molecule has 0 saturated carbocycles. The molecule has 0 spiro atoms. The molecule has 2 aromatic rings. The lowest BCUT2D eigenvalue weighted by molar-refractivity contribution is 0.262. The number of nitrogens with one attached hydrogen (secondary N) is 2. The molecule has 1 aromatic carbocycles. The number of aryl methyl sites for hydroxylation is 1. The molecule has 0 saturated heterocycles. The number of nitrogens with zero attached hydrogens (tertiary/aromatic N) is 1. The van der Waals surface area contributed by atoms with E-state index < -0.39 is 0 Å². The Kier molecular flexibility index (Phi) is 3.47. The molecule has 4 nitrogen and oxygen atoms in total. The third-order valence-electron chi connectivity index (χ3n) is 2.87. The van der Waals surface area contributed by atoms with E-state index in [2.05, 4.69) is 21.7 Å². The number of rotatable bonds is 2. The Morgan fingerprint density at radius 2 is 2.05 bits per heavy atom. The number of carbonyl (C=O) groups excluding carboxylic acids is 1. The van der Waals surface area contributed by atoms with Crippen LogP contribution in [0.25, 0.3) is 6.08 Å². The third-order valence-corrected chi connectivity index (χ3v) is 3.85. The van der Waals surface area contributed by atoms with Crippen molar-refractivity contribution < 1.29 is 9.18 Å². The number of carbonyl (C=O) groups is 1. The SMILES string of the molecule is O=C(Nc1ccc(F)cc1)Nc1nc2c(s1)C=CCC2. The number of fused-ring (bicyclic) bond motifs is 1. The molecular formula is C14H12FN3OS. The van der Waals surface area contributed by atoms with Crippen molar-refractivity contribution in [2.45, 2.75) is 12.8 Å². The Balaban J connectivity index is 1.65. The van der Waals surface area contributed by atoms with Gasteiger partial charge in [-0.05, 0) is 43.2 Å². The quantitative estimate of drug-likeness (QED) is 0.881. The van der Waals surface area contributed by atoms with Crippen LogP contribution in [0.1, 0.15) is 17.0 Å². The van der Waals surface area contributed by atoms with Gasteiger partial charge in [-0.3, -0.25) is 5.32 Å². The van der Waals surface area contributed by atoms with Crippen molar-refractivity contribution >= 4 is 34.3 Å². The van der Waals surface area contributed by atoms with Crippen molar-refractivity contribution in [1.29, 1.82) is 0 Å². The van der Waals surface area contributed by atoms with Gasteiger partial charge in [-0.15, -0.1) is 0 Å². The molecule has 3 rings (SSSR count). The van der Waals surface area contributed by atoms with Crippen LogP contribution >= 0.6 is 11.3 Å². The van der Waals surface area contributed by atoms with E-state index in [4.69, 9.17) is 0 Å². The number of amides is 2. The largest absolute Gasteiger partial charge is 0.325 e. The summed E-state index contributed by atoms with van der Waals surface area (Å²) >= 11 is 1.45. The molecule has 1 aliphatic carbocycles. The van der Waals surface area contributed by atoms with E-state index in [9.17, 15) is 9.18 Å². The molecule has 1 heterocycles. The molecule has 1 aromatic heterocycles. The van der Waals surface area contributed by atoms with Crippen LogP contribution in [0, 0.1) is 5.82 Å². The highest BCUT2D eigenvalue weighted by atomic mass is 32.1. The maximum absolute atomic E-state index is 12.8. The van der Waals surface area contributed by atoms with E-state index in [1.165, 1.54) is 35.6 Å². The number of anilines is 2. The maximum atomic E-state index is 12.8. The summed E-state index contributed by atoms with van der Waals surface area (Å²) in [5.74, 6) is -0.338. The van der Waals surface area contributed by atoms with Crippen molar-refractivity contribution in [2.24, 2.45) is 0 Å². The smallest absolute Gasteiger partial charge is 0.308 e. The lowest BCUT2D eigenvalue weighted by Gasteiger charge is -2.04. The Labute approximate surface area is 119 Å². The molecule has 0 aliphatic heterocycles. The van der Waals surface area contributed by atoms with E-state index in [0.29, 0.717) is 10.8 Å². The van der Waals surface area contributed by atoms with Crippen LogP contribution < -0.4 is 10.6 Å². The topological polar surface area (TPSA) is 54.0 Å². The monoisotopic (exact) mass is 289 g/mol. The highest BCUT2D eigenvalue weighted by Crippen LogP contribution is 2.28. The first-order chi connectivity index (χ1) is 9.70. The number of allylic oxidation sites excluding steroid dienone is 1. The summed E-state index contributed by atoms with van der Waals surface area (Å²) in [6.07, 6.45) is 6.02. The van der Waals surface area contributed by atoms with Gasteiger partial charge in [0, 0.05) is 5.69 Å². The number of hydrogen-bond acceptors (Lipinski definition) is 3. The van der Waals surface area contributed by atoms with Crippen molar-refractivity contribution in [1.82, 2.24) is 4.98 Å². The van der Waals surface area contributed by atoms with Gasteiger partial charge in [-0.2, -0.15) is 0 Å². The molecule has 0 atom stereocenters. The Hall–Kier alpha value is -2.21. The van der Waals surface area contributed by atoms with E-state index in [-0.39, 0.29) is 11.8 Å². The number of benzene rings is 1. The number of urea groups is 1. The van der Waals surface area contributed by atoms with Crippen LogP contribution in [-0.2, 0) is 6.42 Å². The first kappa shape index (κ1) is 12.8. The Bertz CT molecular complexity index is 664. The number of aromatic nitrogens is 1. The zero-order valence-corrected chi connectivity index (χ0v) is 11.3. The van der Waals surface area contributed by atoms with Crippen LogP contribution in [0.3, 0.4) is 0 Å². The summed E-state index contributed by atoms with van der Waals surface area (Å²) in [6, 6.07) is 5.21. The molecule has 102 valence electrons. The normalized spacial score (nSPS) is 12.8. The summed E-state index contributed by atoms with van der Waals surface area (Å²) in [5, 5.41) is 5.89. The molecule has 0 radical (unpaired) electrons. The summed E-state index contributed by atoms with van der Waals surface area (Å²) < 4.78 is 12.8. The summed E-state index contributed by atoms with van der Waals surface area (Å²) in [4.78, 5) is 17.3. The Morgan fingerprint density at radius 3 is 2.80 bits per heavy atom. The van der Waals surface area contributed by atoms with Crippen LogP contribution in [0.15, 0.2) is 30.3 Å². The van der Waals surface area contributed by atoms with Gasteiger partial charge in [0.1, 0.15) is 5.82 Å². The van der Waals surface area contributed by atoms with Crippen molar-refractivity contribution in [2.75, 3.05) is 10.6 Å². The van der Waals surface area contributed by atoms with Gasteiger partial charge in [-0.1, -0.05) is 17.4 Å². The van der Waals surface area contributed by atoms with Crippen LogP contribution in [0.5, 0.6) is 0 Å². The molecule has 0 fully saturated rings. The third kappa shape index (κ3) is 2.85. The van der Waals surface area contributed by atoms with Gasteiger partial charge in [0.25, 0.3) is 0 Å². The molecule has 6 heteroatoms. The zero-order valence-electron chi connectivity index (χ0n) is 10.5. The van der Waals surface area contributed by atoms with Gasteiger partial charge >= 0.3 is 6.03 Å². The second-order valence-electron chi connectivity index (χ2n) is 4.36. The van der Waals surface area contributed by atoms with Crippen molar-refractivity contribution in [3.8, 4) is 0 Å². The number of halogens is 1. The van der Waals surface area contributed by atoms with E-state index in [1.807, 2.05) is 6.08 Å². The lowest BCUT2D eigenvalue weighted by Crippen LogP contribution is -2.19. The molecular weight excluding hydrogens is 277 g/mol. The fourth-order valence-corrected chi connectivity index (χ4v) is 2.87. The second kappa shape index (κ2) is 5.42. The number of hydrogen-bond donors (Lipinski definition) is 2. The van der Waals surface area contributed by atoms with Crippen molar-refractivity contribution in [3.05, 3.63) is 46.7 Å². The molecule has 0 unspecified atom stereocenters. The van der Waals surface area contributed by atoms with E-state index in [0.717, 1.165) is 23.4 Å². The minimum Gasteiger partial charge on any atom is -0.308 e. The number of thiazole rings is 1. The fraction of sp³-hybridized carbons (Fsp3) is 0.143. The second-order valence-corrected chi connectivity index (χ2v) is 5.39. The first-order valence-electron chi connectivity index (χ1n) is 6.20. The highest BCUT2D eigenvalue weighted by Gasteiger charge is 2.13. The first-order valence-corrected chi connectivity index (χ1v) is 7.02. The molecule has 1 aliphatic rings. The standard InChI is InChI=1S/C14H12FN3OS/c15-9-5-7-10(8-6-9)16-13(19)18-14-17-11-3-1-2-4-12(11)20-14/h2,4-8H,1,3H2,(H2,16,17,18,19). The average Bonchev–Trinajstić information content (AvgIpc) is 2.83. The van der Waals surface area contributed by atoms with Crippen LogP contribution in [0.2, 0.25) is 0 Å². The summed E-state index contributed by atoms with van der Waals surface area (Å²) in [6.45, 7) is 0. The Morgan fingerprint density at radius 1 is 1.25 bits per heavy atom. The van der Waals surface area contributed by atoms with Gasteiger partial charge < -0.3 is 5.32 Å². The minimum atomic E-state index is -0.383. The molecule has 20 heavy (non-hydrogen) atoms. The highest BCUT2D eigenvalue weighted by molar-refractivity contribution is 7.16.